The molecule has 2 aromatic rings. The summed E-state index contributed by atoms with van der Waals surface area (Å²) in [6, 6.07) is 7.08. The van der Waals surface area contributed by atoms with Gasteiger partial charge in [-0.2, -0.15) is 0 Å². The smallest absolute Gasteiger partial charge is 0.323 e. The van der Waals surface area contributed by atoms with Crippen LogP contribution in [0.3, 0.4) is 0 Å². The molecule has 0 saturated heterocycles. The molecule has 0 fully saturated rings. The molecule has 0 spiro atoms. The van der Waals surface area contributed by atoms with Crippen molar-refractivity contribution in [3.05, 3.63) is 30.0 Å². The first-order valence-corrected chi connectivity index (χ1v) is 7.45. The Balaban J connectivity index is 2.31. The summed E-state index contributed by atoms with van der Waals surface area (Å²) < 4.78 is 9.89. The number of carbonyl (C=O) groups excluding carboxylic acids is 1. The third kappa shape index (κ3) is 3.65. The minimum Gasteiger partial charge on any atom is -0.497 e. The maximum Gasteiger partial charge on any atom is 0.323 e. The molecule has 0 saturated carbocycles. The van der Waals surface area contributed by atoms with Crippen molar-refractivity contribution in [3.8, 4) is 5.75 Å². The molecule has 5 nitrogen and oxygen atoms in total. The van der Waals surface area contributed by atoms with Gasteiger partial charge in [0.2, 0.25) is 0 Å². The number of carbonyl (C=O) groups is 1. The lowest BCUT2D eigenvalue weighted by molar-refractivity contribution is -0.141. The number of benzene rings is 1. The molecule has 0 radical (unpaired) electrons. The number of rotatable bonds is 5. The van der Waals surface area contributed by atoms with Crippen molar-refractivity contribution in [2.45, 2.75) is 17.9 Å². The lowest BCUT2D eigenvalue weighted by Crippen LogP contribution is -2.33. The second-order valence-corrected chi connectivity index (χ2v) is 5.65. The highest BCUT2D eigenvalue weighted by atomic mass is 32.2. The highest BCUT2D eigenvalue weighted by Crippen LogP contribution is 2.30. The summed E-state index contributed by atoms with van der Waals surface area (Å²) in [6.45, 7) is 1.94. The standard InChI is InChI=1S/C15H18N2O3S/c1-9-6-14(21-8-12(16)15(18)20-3)11-7-10(19-2)4-5-13(11)17-9/h4-7,12H,8,16H2,1-3H3. The van der Waals surface area contributed by atoms with E-state index in [-0.39, 0.29) is 0 Å². The molecule has 112 valence electrons. The van der Waals surface area contributed by atoms with Gasteiger partial charge in [-0.3, -0.25) is 9.78 Å². The fourth-order valence-corrected chi connectivity index (χ4v) is 3.01. The molecular formula is C15H18N2O3S. The van der Waals surface area contributed by atoms with Crippen LogP contribution in [-0.4, -0.2) is 37.0 Å². The van der Waals surface area contributed by atoms with Crippen molar-refractivity contribution in [1.29, 1.82) is 0 Å². The van der Waals surface area contributed by atoms with Gasteiger partial charge in [0.25, 0.3) is 0 Å². The largest absolute Gasteiger partial charge is 0.497 e. The van der Waals surface area contributed by atoms with Gasteiger partial charge in [0.1, 0.15) is 11.8 Å². The summed E-state index contributed by atoms with van der Waals surface area (Å²) in [5.41, 5.74) is 7.59. The first-order chi connectivity index (χ1) is 10.0. The number of hydrogen-bond acceptors (Lipinski definition) is 6. The number of nitrogens with two attached hydrogens (primary N) is 1. The number of esters is 1. The van der Waals surface area contributed by atoms with Crippen LogP contribution in [0.2, 0.25) is 0 Å². The van der Waals surface area contributed by atoms with Crippen molar-refractivity contribution in [3.63, 3.8) is 0 Å². The molecular weight excluding hydrogens is 288 g/mol. The van der Waals surface area contributed by atoms with Gasteiger partial charge in [0, 0.05) is 21.7 Å². The lowest BCUT2D eigenvalue weighted by atomic mass is 10.2. The van der Waals surface area contributed by atoms with E-state index in [0.29, 0.717) is 5.75 Å². The quantitative estimate of drug-likeness (QED) is 0.674. The van der Waals surface area contributed by atoms with Gasteiger partial charge in [0.05, 0.1) is 19.7 Å². The van der Waals surface area contributed by atoms with Crippen LogP contribution < -0.4 is 10.5 Å². The van der Waals surface area contributed by atoms with E-state index in [9.17, 15) is 4.79 Å². The number of aryl methyl sites for hydroxylation is 1. The van der Waals surface area contributed by atoms with E-state index in [1.165, 1.54) is 18.9 Å². The van der Waals surface area contributed by atoms with E-state index in [2.05, 4.69) is 9.72 Å². The number of thioether (sulfide) groups is 1. The molecule has 1 aromatic heterocycles. The molecule has 0 aliphatic heterocycles. The Hall–Kier alpha value is -1.79. The Bertz CT molecular complexity index is 661. The number of pyridine rings is 1. The summed E-state index contributed by atoms with van der Waals surface area (Å²) in [7, 11) is 2.96. The van der Waals surface area contributed by atoms with Gasteiger partial charge in [-0.25, -0.2) is 0 Å². The van der Waals surface area contributed by atoms with E-state index in [1.807, 2.05) is 31.2 Å². The highest BCUT2D eigenvalue weighted by molar-refractivity contribution is 7.99. The minimum absolute atomic E-state index is 0.407. The highest BCUT2D eigenvalue weighted by Gasteiger charge is 2.15. The average molecular weight is 306 g/mol. The zero-order chi connectivity index (χ0) is 15.4. The molecule has 21 heavy (non-hydrogen) atoms. The Morgan fingerprint density at radius 3 is 2.81 bits per heavy atom. The molecule has 1 aromatic carbocycles. The molecule has 1 unspecified atom stereocenters. The average Bonchev–Trinajstić information content (AvgIpc) is 2.50. The Kier molecular flexibility index (Phi) is 5.03. The summed E-state index contributed by atoms with van der Waals surface area (Å²) in [6.07, 6.45) is 0. The summed E-state index contributed by atoms with van der Waals surface area (Å²) in [4.78, 5) is 16.9. The van der Waals surface area contributed by atoms with Gasteiger partial charge >= 0.3 is 5.97 Å². The number of ether oxygens (including phenoxy) is 2. The predicted molar refractivity (Wildman–Crippen MR) is 83.7 cm³/mol. The van der Waals surface area contributed by atoms with E-state index in [1.54, 1.807) is 7.11 Å². The SMILES string of the molecule is COC(=O)C(N)CSc1cc(C)nc2ccc(OC)cc12. The molecule has 0 amide bonds. The van der Waals surface area contributed by atoms with E-state index >= 15 is 0 Å². The fraction of sp³-hybridized carbons (Fsp3) is 0.333. The van der Waals surface area contributed by atoms with Crippen molar-refractivity contribution >= 4 is 28.6 Å². The molecule has 0 aliphatic rings. The van der Waals surface area contributed by atoms with Gasteiger partial charge in [0.15, 0.2) is 0 Å². The van der Waals surface area contributed by atoms with Gasteiger partial charge in [-0.05, 0) is 31.2 Å². The van der Waals surface area contributed by atoms with Crippen LogP contribution in [0.25, 0.3) is 10.9 Å². The summed E-state index contributed by atoms with van der Waals surface area (Å²) in [5.74, 6) is 0.810. The third-order valence-electron chi connectivity index (χ3n) is 3.03. The maximum atomic E-state index is 11.4. The van der Waals surface area contributed by atoms with Crippen molar-refractivity contribution in [2.24, 2.45) is 5.73 Å². The van der Waals surface area contributed by atoms with E-state index < -0.39 is 12.0 Å². The fourth-order valence-electron chi connectivity index (χ4n) is 1.95. The lowest BCUT2D eigenvalue weighted by Gasteiger charge is -2.12. The second kappa shape index (κ2) is 6.78. The van der Waals surface area contributed by atoms with Crippen LogP contribution in [-0.2, 0) is 9.53 Å². The molecule has 6 heteroatoms. The van der Waals surface area contributed by atoms with Crippen molar-refractivity contribution in [1.82, 2.24) is 4.98 Å². The first kappa shape index (κ1) is 15.6. The number of fused-ring (bicyclic) bond motifs is 1. The zero-order valence-corrected chi connectivity index (χ0v) is 13.1. The Morgan fingerprint density at radius 2 is 2.14 bits per heavy atom. The first-order valence-electron chi connectivity index (χ1n) is 6.46. The van der Waals surface area contributed by atoms with Crippen molar-refractivity contribution < 1.29 is 14.3 Å². The molecule has 1 atom stereocenters. The zero-order valence-electron chi connectivity index (χ0n) is 12.3. The van der Waals surface area contributed by atoms with E-state index in [0.717, 1.165) is 27.2 Å². The number of nitrogens with zero attached hydrogens (tertiary/aromatic N) is 1. The van der Waals surface area contributed by atoms with Gasteiger partial charge < -0.3 is 15.2 Å². The molecule has 0 bridgehead atoms. The monoisotopic (exact) mass is 306 g/mol. The van der Waals surface area contributed by atoms with Crippen LogP contribution >= 0.6 is 11.8 Å². The topological polar surface area (TPSA) is 74.4 Å². The van der Waals surface area contributed by atoms with Crippen LogP contribution in [0.1, 0.15) is 5.69 Å². The molecule has 1 heterocycles. The van der Waals surface area contributed by atoms with Crippen LogP contribution in [0.15, 0.2) is 29.2 Å². The molecule has 2 rings (SSSR count). The second-order valence-electron chi connectivity index (χ2n) is 4.59. The maximum absolute atomic E-state index is 11.4. The van der Waals surface area contributed by atoms with Crippen LogP contribution in [0.5, 0.6) is 5.75 Å². The van der Waals surface area contributed by atoms with Crippen LogP contribution in [0, 0.1) is 6.92 Å². The Labute approximate surface area is 127 Å². The summed E-state index contributed by atoms with van der Waals surface area (Å²) in [5, 5.41) is 0.988. The number of methoxy groups -OCH3 is 2. The van der Waals surface area contributed by atoms with Crippen molar-refractivity contribution in [2.75, 3.05) is 20.0 Å². The third-order valence-corrected chi connectivity index (χ3v) is 4.20. The summed E-state index contributed by atoms with van der Waals surface area (Å²) >= 11 is 1.51. The Morgan fingerprint density at radius 1 is 1.38 bits per heavy atom. The predicted octanol–water partition coefficient (Wildman–Crippen LogP) is 2.14. The normalized spacial score (nSPS) is 12.2. The number of aromatic nitrogens is 1. The van der Waals surface area contributed by atoms with Gasteiger partial charge in [-0.1, -0.05) is 0 Å². The van der Waals surface area contributed by atoms with Gasteiger partial charge in [-0.15, -0.1) is 11.8 Å². The molecule has 0 aliphatic carbocycles. The number of hydrogen-bond donors (Lipinski definition) is 1. The molecule has 2 N–H and O–H groups in total. The van der Waals surface area contributed by atoms with Crippen LogP contribution in [0.4, 0.5) is 0 Å². The van der Waals surface area contributed by atoms with E-state index in [4.69, 9.17) is 10.5 Å². The minimum atomic E-state index is -0.644.